The Bertz CT molecular complexity index is 1220. The van der Waals surface area contributed by atoms with Crippen LogP contribution in [0.5, 0.6) is 0 Å². The van der Waals surface area contributed by atoms with Gasteiger partial charge in [0.2, 0.25) is 5.95 Å². The van der Waals surface area contributed by atoms with E-state index in [2.05, 4.69) is 49.5 Å². The summed E-state index contributed by atoms with van der Waals surface area (Å²) < 4.78 is 1.75. The zero-order valence-corrected chi connectivity index (χ0v) is 16.9. The van der Waals surface area contributed by atoms with E-state index in [1.165, 1.54) is 11.1 Å². The molecule has 2 aromatic heterocycles. The number of carbonyl (C=O) groups is 1. The molecule has 0 bridgehead atoms. The molecule has 4 aromatic rings. The van der Waals surface area contributed by atoms with Crippen molar-refractivity contribution in [3.05, 3.63) is 71.9 Å². The van der Waals surface area contributed by atoms with Gasteiger partial charge in [0.1, 0.15) is 5.82 Å². The Balaban J connectivity index is 1.51. The third-order valence-corrected chi connectivity index (χ3v) is 5.42. The number of nitrogens with one attached hydrogen (secondary N) is 1. The third kappa shape index (κ3) is 4.05. The molecule has 8 heteroatoms. The van der Waals surface area contributed by atoms with Gasteiger partial charge in [-0.15, -0.1) is 0 Å². The summed E-state index contributed by atoms with van der Waals surface area (Å²) >= 11 is 0. The summed E-state index contributed by atoms with van der Waals surface area (Å²) in [4.78, 5) is 22.4. The van der Waals surface area contributed by atoms with Gasteiger partial charge in [-0.2, -0.15) is 15.1 Å². The minimum atomic E-state index is -0.866. The molecule has 1 aliphatic heterocycles. The molecule has 2 aromatic carbocycles. The molecule has 3 heterocycles. The maximum atomic E-state index is 10.9. The van der Waals surface area contributed by atoms with Gasteiger partial charge >= 0.3 is 5.97 Å². The van der Waals surface area contributed by atoms with Gasteiger partial charge in [0.25, 0.3) is 0 Å². The van der Waals surface area contributed by atoms with E-state index in [0.717, 1.165) is 36.2 Å². The lowest BCUT2D eigenvalue weighted by Crippen LogP contribution is -2.31. The molecule has 0 saturated carbocycles. The van der Waals surface area contributed by atoms with Crippen LogP contribution in [-0.2, 0) is 17.8 Å². The Morgan fingerprint density at radius 2 is 1.81 bits per heavy atom. The second-order valence-corrected chi connectivity index (χ2v) is 7.55. The van der Waals surface area contributed by atoms with E-state index < -0.39 is 5.97 Å². The Morgan fingerprint density at radius 1 is 1.03 bits per heavy atom. The average Bonchev–Trinajstić information content (AvgIpc) is 3.23. The van der Waals surface area contributed by atoms with Crippen LogP contribution in [0.2, 0.25) is 0 Å². The summed E-state index contributed by atoms with van der Waals surface area (Å²) in [5, 5.41) is 17.7. The maximum Gasteiger partial charge on any atom is 0.305 e. The molecule has 2 N–H and O–H groups in total. The molecule has 8 nitrogen and oxygen atoms in total. The predicted octanol–water partition coefficient (Wildman–Crippen LogP) is 3.26. The number of hydrogen-bond acceptors (Lipinski definition) is 6. The molecule has 31 heavy (non-hydrogen) atoms. The summed E-state index contributed by atoms with van der Waals surface area (Å²) in [7, 11) is 0. The standard InChI is InChI=1S/C23H22N6O2/c30-22(31)9-11-24-23-25-20(28-12-10-16-5-1-2-6-17(16)14-28)13-21(26-23)29-15-18-7-3-4-8-19(18)27-29/h1-8,13,15H,9-12,14H2,(H,30,31)(H,24,25,26). The first-order chi connectivity index (χ1) is 15.2. The highest BCUT2D eigenvalue weighted by atomic mass is 16.4. The summed E-state index contributed by atoms with van der Waals surface area (Å²) in [6, 6.07) is 18.3. The van der Waals surface area contributed by atoms with Crippen molar-refractivity contribution in [2.24, 2.45) is 0 Å². The molecule has 0 amide bonds. The number of benzene rings is 2. The number of fused-ring (bicyclic) bond motifs is 2. The molecule has 156 valence electrons. The lowest BCUT2D eigenvalue weighted by atomic mass is 10.00. The van der Waals surface area contributed by atoms with E-state index in [4.69, 9.17) is 5.11 Å². The highest BCUT2D eigenvalue weighted by Gasteiger charge is 2.19. The lowest BCUT2D eigenvalue weighted by Gasteiger charge is -2.30. The van der Waals surface area contributed by atoms with Crippen LogP contribution in [0, 0.1) is 0 Å². The van der Waals surface area contributed by atoms with Crippen molar-refractivity contribution in [3.63, 3.8) is 0 Å². The highest BCUT2D eigenvalue weighted by molar-refractivity contribution is 5.78. The minimum Gasteiger partial charge on any atom is -0.481 e. The van der Waals surface area contributed by atoms with Crippen molar-refractivity contribution in [2.75, 3.05) is 23.3 Å². The number of aliphatic carboxylic acids is 1. The van der Waals surface area contributed by atoms with Crippen molar-refractivity contribution in [1.82, 2.24) is 19.7 Å². The van der Waals surface area contributed by atoms with Crippen LogP contribution in [0.1, 0.15) is 17.5 Å². The molecule has 0 radical (unpaired) electrons. The van der Waals surface area contributed by atoms with Crippen molar-refractivity contribution in [3.8, 4) is 5.82 Å². The number of carboxylic acid groups (broad SMARTS) is 1. The van der Waals surface area contributed by atoms with Crippen molar-refractivity contribution in [1.29, 1.82) is 0 Å². The van der Waals surface area contributed by atoms with Crippen molar-refractivity contribution >= 4 is 28.6 Å². The van der Waals surface area contributed by atoms with Crippen LogP contribution in [0.25, 0.3) is 16.7 Å². The highest BCUT2D eigenvalue weighted by Crippen LogP contribution is 2.26. The van der Waals surface area contributed by atoms with Gasteiger partial charge in [-0.1, -0.05) is 42.5 Å². The largest absolute Gasteiger partial charge is 0.481 e. The quantitative estimate of drug-likeness (QED) is 0.500. The molecule has 1 aliphatic rings. The molecular weight excluding hydrogens is 392 g/mol. The first-order valence-electron chi connectivity index (χ1n) is 10.3. The van der Waals surface area contributed by atoms with E-state index >= 15 is 0 Å². The summed E-state index contributed by atoms with van der Waals surface area (Å²) in [5.41, 5.74) is 3.54. The molecule has 5 rings (SSSR count). The third-order valence-electron chi connectivity index (χ3n) is 5.42. The van der Waals surface area contributed by atoms with Crippen LogP contribution in [0.4, 0.5) is 11.8 Å². The van der Waals surface area contributed by atoms with Crippen LogP contribution in [0.3, 0.4) is 0 Å². The zero-order chi connectivity index (χ0) is 21.2. The minimum absolute atomic E-state index is 0.00827. The van der Waals surface area contributed by atoms with E-state index in [9.17, 15) is 4.79 Å². The number of rotatable bonds is 6. The summed E-state index contributed by atoms with van der Waals surface area (Å²) in [5.74, 6) is 0.955. The Labute approximate surface area is 179 Å². The molecule has 0 spiro atoms. The van der Waals surface area contributed by atoms with Gasteiger partial charge in [0.05, 0.1) is 11.9 Å². The van der Waals surface area contributed by atoms with E-state index in [0.29, 0.717) is 11.8 Å². The second-order valence-electron chi connectivity index (χ2n) is 7.55. The van der Waals surface area contributed by atoms with Crippen molar-refractivity contribution < 1.29 is 9.90 Å². The molecule has 0 unspecified atom stereocenters. The fourth-order valence-electron chi connectivity index (χ4n) is 3.83. The van der Waals surface area contributed by atoms with Crippen molar-refractivity contribution in [2.45, 2.75) is 19.4 Å². The first kappa shape index (κ1) is 19.0. The molecular formula is C23H22N6O2. The summed E-state index contributed by atoms with van der Waals surface area (Å²) in [6.45, 7) is 1.87. The van der Waals surface area contributed by atoms with Gasteiger partial charge in [0, 0.05) is 37.3 Å². The van der Waals surface area contributed by atoms with E-state index in [1.54, 1.807) is 4.68 Å². The zero-order valence-electron chi connectivity index (χ0n) is 16.9. The monoisotopic (exact) mass is 414 g/mol. The molecule has 0 fully saturated rings. The van der Waals surface area contributed by atoms with Gasteiger partial charge < -0.3 is 15.3 Å². The Kier molecular flexibility index (Phi) is 4.95. The molecule has 0 atom stereocenters. The van der Waals surface area contributed by atoms with Crippen LogP contribution in [-0.4, -0.2) is 43.9 Å². The SMILES string of the molecule is O=C(O)CCNc1nc(N2CCc3ccccc3C2)cc(-n2cc3ccccc3n2)n1. The molecule has 0 aliphatic carbocycles. The molecule has 0 saturated heterocycles. The predicted molar refractivity (Wildman–Crippen MR) is 119 cm³/mol. The second kappa shape index (κ2) is 8.06. The topological polar surface area (TPSA) is 96.2 Å². The fraction of sp³-hybridized carbons (Fsp3) is 0.217. The number of aromatic nitrogens is 4. The van der Waals surface area contributed by atoms with Crippen LogP contribution in [0.15, 0.2) is 60.8 Å². The lowest BCUT2D eigenvalue weighted by molar-refractivity contribution is -0.136. The maximum absolute atomic E-state index is 10.9. The number of anilines is 2. The van der Waals surface area contributed by atoms with E-state index in [-0.39, 0.29) is 13.0 Å². The Hall–Kier alpha value is -3.94. The number of nitrogens with zero attached hydrogens (tertiary/aromatic N) is 5. The van der Waals surface area contributed by atoms with Gasteiger partial charge in [-0.3, -0.25) is 4.79 Å². The fourth-order valence-corrected chi connectivity index (χ4v) is 3.83. The van der Waals surface area contributed by atoms with Crippen LogP contribution >= 0.6 is 0 Å². The van der Waals surface area contributed by atoms with E-state index in [1.807, 2.05) is 36.5 Å². The van der Waals surface area contributed by atoms with Gasteiger partial charge in [0.15, 0.2) is 5.82 Å². The van der Waals surface area contributed by atoms with Crippen LogP contribution < -0.4 is 10.2 Å². The van der Waals surface area contributed by atoms with Gasteiger partial charge in [-0.05, 0) is 23.6 Å². The smallest absolute Gasteiger partial charge is 0.305 e. The number of hydrogen-bond donors (Lipinski definition) is 2. The first-order valence-corrected chi connectivity index (χ1v) is 10.3. The number of carboxylic acids is 1. The van der Waals surface area contributed by atoms with Gasteiger partial charge in [-0.25, -0.2) is 4.68 Å². The normalized spacial score (nSPS) is 13.2. The Morgan fingerprint density at radius 3 is 2.65 bits per heavy atom. The summed E-state index contributed by atoms with van der Waals surface area (Å²) in [6.07, 6.45) is 2.88. The average molecular weight is 414 g/mol.